The Kier molecular flexibility index (Phi) is 4.80. The van der Waals surface area contributed by atoms with Gasteiger partial charge in [-0.15, -0.1) is 0 Å². The Morgan fingerprint density at radius 3 is 2.46 bits per heavy atom. The lowest BCUT2D eigenvalue weighted by Crippen LogP contribution is -2.45. The fourth-order valence-electron chi connectivity index (χ4n) is 2.05. The van der Waals surface area contributed by atoms with Gasteiger partial charge in [-0.2, -0.15) is 0 Å². The average molecular weight is 352 g/mol. The largest absolute Gasteiger partial charge is 0.468 e. The fraction of sp³-hybridized carbons (Fsp3) is 0.600. The van der Waals surface area contributed by atoms with Crippen molar-refractivity contribution < 1.29 is 18.3 Å². The number of primary amides is 1. The minimum atomic E-state index is -1.94. The molecule has 1 aromatic rings. The van der Waals surface area contributed by atoms with E-state index in [1.807, 2.05) is 6.92 Å². The van der Waals surface area contributed by atoms with Crippen LogP contribution < -0.4 is 5.73 Å². The van der Waals surface area contributed by atoms with Crippen molar-refractivity contribution in [3.05, 3.63) is 17.8 Å². The Balaban J connectivity index is 2.12. The fourth-order valence-corrected chi connectivity index (χ4v) is 3.39. The smallest absolute Gasteiger partial charge is 0.437 e. The molecule has 0 fully saturated rings. The Bertz CT molecular complexity index is 663. The van der Waals surface area contributed by atoms with E-state index in [-0.39, 0.29) is 17.7 Å². The Hall–Kier alpha value is -1.84. The second-order valence-corrected chi connectivity index (χ2v) is 12.2. The van der Waals surface area contributed by atoms with Crippen LogP contribution >= 0.6 is 0 Å². The van der Waals surface area contributed by atoms with Crippen molar-refractivity contribution in [3.63, 3.8) is 0 Å². The van der Waals surface area contributed by atoms with Crippen LogP contribution in [-0.4, -0.2) is 36.5 Å². The van der Waals surface area contributed by atoms with E-state index in [1.54, 1.807) is 6.20 Å². The quantitative estimate of drug-likeness (QED) is 0.649. The van der Waals surface area contributed by atoms with E-state index in [0.29, 0.717) is 11.7 Å². The highest BCUT2D eigenvalue weighted by Crippen LogP contribution is 2.39. The van der Waals surface area contributed by atoms with Crippen LogP contribution in [0.2, 0.25) is 18.1 Å². The second-order valence-electron chi connectivity index (χ2n) is 7.44. The van der Waals surface area contributed by atoms with Crippen molar-refractivity contribution in [2.24, 2.45) is 15.9 Å². The molecular weight excluding hydrogens is 326 g/mol. The summed E-state index contributed by atoms with van der Waals surface area (Å²) in [5.74, 6) is 0.954. The van der Waals surface area contributed by atoms with E-state index in [2.05, 4.69) is 49.1 Å². The van der Waals surface area contributed by atoms with Gasteiger partial charge in [-0.25, -0.2) is 9.78 Å². The normalized spacial score (nSPS) is 18.1. The molecule has 2 amide bonds. The van der Waals surface area contributed by atoms with E-state index in [0.717, 1.165) is 0 Å². The van der Waals surface area contributed by atoms with Crippen LogP contribution in [-0.2, 0) is 11.0 Å². The van der Waals surface area contributed by atoms with E-state index < -0.39 is 19.0 Å². The number of urea groups is 1. The minimum Gasteiger partial charge on any atom is -0.437 e. The maximum Gasteiger partial charge on any atom is 0.468 e. The predicted molar refractivity (Wildman–Crippen MR) is 93.7 cm³/mol. The number of nitrogens with two attached hydrogens (primary N) is 1. The summed E-state index contributed by atoms with van der Waals surface area (Å²) in [6.45, 7) is 12.9. The zero-order valence-electron chi connectivity index (χ0n) is 15.1. The van der Waals surface area contributed by atoms with Gasteiger partial charge in [0.25, 0.3) is 0 Å². The van der Waals surface area contributed by atoms with Crippen molar-refractivity contribution in [1.29, 1.82) is 0 Å². The minimum absolute atomic E-state index is 0.0855. The molecule has 9 heteroatoms. The molecule has 8 nitrogen and oxygen atoms in total. The zero-order valence-corrected chi connectivity index (χ0v) is 16.1. The Morgan fingerprint density at radius 2 is 1.96 bits per heavy atom. The lowest BCUT2D eigenvalue weighted by atomic mass is 10.2. The summed E-state index contributed by atoms with van der Waals surface area (Å²) in [7, 11) is -1.94. The van der Waals surface area contributed by atoms with Gasteiger partial charge < -0.3 is 14.6 Å². The number of hydrogen-bond acceptors (Lipinski definition) is 6. The number of aromatic nitrogens is 1. The molecule has 0 aromatic carbocycles. The van der Waals surface area contributed by atoms with Crippen molar-refractivity contribution in [3.8, 4) is 0 Å². The molecular formula is C15H26N5O3Si+. The van der Waals surface area contributed by atoms with Gasteiger partial charge in [-0.3, -0.25) is 0 Å². The third-order valence-electron chi connectivity index (χ3n) is 4.51. The number of carbonyl (C=O) groups is 1. The van der Waals surface area contributed by atoms with Gasteiger partial charge in [0.15, 0.2) is 20.6 Å². The maximum atomic E-state index is 11.7. The molecule has 0 bridgehead atoms. The summed E-state index contributed by atoms with van der Waals surface area (Å²) in [5, 5.41) is 8.12. The standard InChI is InChI=1S/C15H25N5O3Si/c1-11(23-24(5,6)15(2,3)4)13-17-9-12(22-13)10-20(14(16)21)18-7-8-19-20/h7-9,11H,10H2,1-6H3,(H-,16,21)/p+1. The molecule has 1 aliphatic heterocycles. The van der Waals surface area contributed by atoms with E-state index >= 15 is 0 Å². The first kappa shape index (κ1) is 18.5. The predicted octanol–water partition coefficient (Wildman–Crippen LogP) is 3.14. The van der Waals surface area contributed by atoms with Gasteiger partial charge in [0, 0.05) is 4.70 Å². The topological polar surface area (TPSA) is 103 Å². The number of quaternary nitrogens is 1. The summed E-state index contributed by atoms with van der Waals surface area (Å²) in [6, 6.07) is -0.677. The number of nitrogens with zero attached hydrogens (tertiary/aromatic N) is 4. The van der Waals surface area contributed by atoms with Crippen LogP contribution in [0.3, 0.4) is 0 Å². The first-order valence-corrected chi connectivity index (χ1v) is 10.8. The molecule has 0 saturated carbocycles. The highest BCUT2D eigenvalue weighted by molar-refractivity contribution is 6.74. The molecule has 24 heavy (non-hydrogen) atoms. The van der Waals surface area contributed by atoms with Crippen LogP contribution in [0, 0.1) is 0 Å². The molecule has 2 heterocycles. The molecule has 2 N–H and O–H groups in total. The average Bonchev–Trinajstić information content (AvgIpc) is 3.07. The van der Waals surface area contributed by atoms with Gasteiger partial charge in [0.1, 0.15) is 18.5 Å². The van der Waals surface area contributed by atoms with E-state index in [4.69, 9.17) is 14.6 Å². The maximum absolute atomic E-state index is 11.7. The lowest BCUT2D eigenvalue weighted by Gasteiger charge is -2.37. The SMILES string of the molecule is CC(O[Si](C)(C)C(C)(C)C)c1ncc(C[N+]2(C(N)=O)N=CC=N2)o1. The van der Waals surface area contributed by atoms with Crippen molar-refractivity contribution in [2.75, 3.05) is 0 Å². The zero-order chi connectivity index (χ0) is 18.2. The van der Waals surface area contributed by atoms with Crippen molar-refractivity contribution in [1.82, 2.24) is 4.98 Å². The van der Waals surface area contributed by atoms with Crippen LogP contribution in [0.15, 0.2) is 20.8 Å². The number of amides is 2. The summed E-state index contributed by atoms with van der Waals surface area (Å²) < 4.78 is 11.4. The number of oxazole rings is 1. The molecule has 0 aliphatic carbocycles. The molecule has 1 aliphatic rings. The van der Waals surface area contributed by atoms with Crippen LogP contribution in [0.1, 0.15) is 45.4 Å². The molecule has 132 valence electrons. The van der Waals surface area contributed by atoms with E-state index in [1.165, 1.54) is 12.4 Å². The molecule has 2 rings (SSSR count). The van der Waals surface area contributed by atoms with Crippen molar-refractivity contribution >= 4 is 26.8 Å². The monoisotopic (exact) mass is 352 g/mol. The van der Waals surface area contributed by atoms with Crippen LogP contribution in [0.5, 0.6) is 0 Å². The van der Waals surface area contributed by atoms with Gasteiger partial charge >= 0.3 is 6.03 Å². The molecule has 0 saturated heterocycles. The molecule has 0 spiro atoms. The van der Waals surface area contributed by atoms with Gasteiger partial charge in [0.2, 0.25) is 5.89 Å². The summed E-state index contributed by atoms with van der Waals surface area (Å²) in [4.78, 5) is 15.9. The third-order valence-corrected chi connectivity index (χ3v) is 9.06. The van der Waals surface area contributed by atoms with Gasteiger partial charge in [0.05, 0.1) is 6.20 Å². The molecule has 1 aromatic heterocycles. The van der Waals surface area contributed by atoms with Crippen molar-refractivity contribution in [2.45, 2.75) is 58.5 Å². The third kappa shape index (κ3) is 3.63. The number of rotatable bonds is 5. The Labute approximate surface area is 143 Å². The Morgan fingerprint density at radius 1 is 1.38 bits per heavy atom. The molecule has 1 unspecified atom stereocenters. The summed E-state index contributed by atoms with van der Waals surface area (Å²) >= 11 is 0. The van der Waals surface area contributed by atoms with Crippen LogP contribution in [0.25, 0.3) is 0 Å². The van der Waals surface area contributed by atoms with Gasteiger partial charge in [-0.05, 0) is 35.3 Å². The van der Waals surface area contributed by atoms with E-state index in [9.17, 15) is 4.79 Å². The number of hydrogen-bond donors (Lipinski definition) is 1. The first-order valence-electron chi connectivity index (χ1n) is 7.87. The first-order chi connectivity index (χ1) is 11.0. The summed E-state index contributed by atoms with van der Waals surface area (Å²) in [6.07, 6.45) is 4.16. The second kappa shape index (κ2) is 6.23. The molecule has 0 radical (unpaired) electrons. The van der Waals surface area contributed by atoms with Gasteiger partial charge in [-0.1, -0.05) is 20.8 Å². The lowest BCUT2D eigenvalue weighted by molar-refractivity contribution is -0.874. The molecule has 1 atom stereocenters. The highest BCUT2D eigenvalue weighted by atomic mass is 28.4. The summed E-state index contributed by atoms with van der Waals surface area (Å²) in [5.41, 5.74) is 5.40. The highest BCUT2D eigenvalue weighted by Gasteiger charge is 2.41. The van der Waals surface area contributed by atoms with Crippen LogP contribution in [0.4, 0.5) is 4.79 Å². The number of carbonyl (C=O) groups excluding carboxylic acids is 1.